The first kappa shape index (κ1) is 16.9. The van der Waals surface area contributed by atoms with Crippen LogP contribution in [0.2, 0.25) is 5.02 Å². The molecule has 4 nitrogen and oxygen atoms in total. The molecule has 1 fully saturated rings. The normalized spacial score (nSPS) is 18.4. The van der Waals surface area contributed by atoms with Crippen molar-refractivity contribution in [2.75, 3.05) is 18.4 Å². The van der Waals surface area contributed by atoms with E-state index in [1.807, 2.05) is 50.8 Å². The maximum atomic E-state index is 12.3. The van der Waals surface area contributed by atoms with E-state index in [0.717, 1.165) is 30.6 Å². The number of nitrogens with one attached hydrogen (secondary N) is 1. The molecule has 1 atom stereocenters. The third-order valence-electron chi connectivity index (χ3n) is 3.73. The van der Waals surface area contributed by atoms with Crippen molar-refractivity contribution in [3.05, 3.63) is 28.8 Å². The van der Waals surface area contributed by atoms with Crippen molar-refractivity contribution in [2.45, 2.75) is 52.2 Å². The monoisotopic (exact) mass is 324 g/mol. The summed E-state index contributed by atoms with van der Waals surface area (Å²) in [4.78, 5) is 14.1. The molecule has 5 heteroatoms. The maximum Gasteiger partial charge on any atom is 0.410 e. The van der Waals surface area contributed by atoms with Gasteiger partial charge in [0.25, 0.3) is 0 Å². The van der Waals surface area contributed by atoms with Crippen molar-refractivity contribution in [3.8, 4) is 0 Å². The number of amides is 1. The Morgan fingerprint density at radius 1 is 1.45 bits per heavy atom. The molecule has 2 rings (SSSR count). The number of aryl methyl sites for hydroxylation is 1. The molecule has 1 aromatic rings. The van der Waals surface area contributed by atoms with Gasteiger partial charge in [-0.15, -0.1) is 0 Å². The molecule has 122 valence electrons. The van der Waals surface area contributed by atoms with Gasteiger partial charge < -0.3 is 15.0 Å². The van der Waals surface area contributed by atoms with Gasteiger partial charge in [0.1, 0.15) is 5.60 Å². The lowest BCUT2D eigenvalue weighted by Gasteiger charge is -2.29. The van der Waals surface area contributed by atoms with Crippen LogP contribution in [0.3, 0.4) is 0 Å². The summed E-state index contributed by atoms with van der Waals surface area (Å²) < 4.78 is 5.48. The Morgan fingerprint density at radius 3 is 2.86 bits per heavy atom. The fourth-order valence-electron chi connectivity index (χ4n) is 2.62. The molecule has 1 aliphatic heterocycles. The van der Waals surface area contributed by atoms with Crippen molar-refractivity contribution in [1.82, 2.24) is 4.90 Å². The number of rotatable bonds is 3. The Bertz CT molecular complexity index is 540. The van der Waals surface area contributed by atoms with Gasteiger partial charge in [0, 0.05) is 23.8 Å². The van der Waals surface area contributed by atoms with Crippen LogP contribution in [0.15, 0.2) is 18.2 Å². The highest BCUT2D eigenvalue weighted by molar-refractivity contribution is 6.30. The summed E-state index contributed by atoms with van der Waals surface area (Å²) in [5, 5.41) is 4.12. The largest absolute Gasteiger partial charge is 0.444 e. The van der Waals surface area contributed by atoms with Gasteiger partial charge in [0.05, 0.1) is 6.04 Å². The number of likely N-dealkylation sites (tertiary alicyclic amines) is 1. The molecule has 0 bridgehead atoms. The molecule has 1 N–H and O–H groups in total. The van der Waals surface area contributed by atoms with Gasteiger partial charge in [-0.1, -0.05) is 17.7 Å². The van der Waals surface area contributed by atoms with Crippen LogP contribution in [0.5, 0.6) is 0 Å². The van der Waals surface area contributed by atoms with Crippen molar-refractivity contribution < 1.29 is 9.53 Å². The number of carbonyl (C=O) groups excluding carboxylic acids is 1. The van der Waals surface area contributed by atoms with Crippen LogP contribution < -0.4 is 5.32 Å². The highest BCUT2D eigenvalue weighted by atomic mass is 35.5. The van der Waals surface area contributed by atoms with Crippen LogP contribution in [0, 0.1) is 6.92 Å². The molecule has 1 unspecified atom stereocenters. The first-order chi connectivity index (χ1) is 10.3. The number of nitrogens with zero attached hydrogens (tertiary/aromatic N) is 1. The van der Waals surface area contributed by atoms with E-state index >= 15 is 0 Å². The lowest BCUT2D eigenvalue weighted by molar-refractivity contribution is 0.0235. The lowest BCUT2D eigenvalue weighted by atomic mass is 10.1. The summed E-state index contributed by atoms with van der Waals surface area (Å²) in [5.41, 5.74) is 1.70. The third kappa shape index (κ3) is 4.54. The number of anilines is 1. The second-order valence-electron chi connectivity index (χ2n) is 6.81. The Hall–Kier alpha value is -1.42. The van der Waals surface area contributed by atoms with Crippen LogP contribution >= 0.6 is 11.6 Å². The lowest BCUT2D eigenvalue weighted by Crippen LogP contribution is -2.42. The van der Waals surface area contributed by atoms with Crippen LogP contribution in [-0.4, -0.2) is 35.7 Å². The van der Waals surface area contributed by atoms with E-state index in [0.29, 0.717) is 11.6 Å². The molecule has 0 spiro atoms. The van der Waals surface area contributed by atoms with Crippen molar-refractivity contribution >= 4 is 23.4 Å². The highest BCUT2D eigenvalue weighted by Crippen LogP contribution is 2.24. The topological polar surface area (TPSA) is 41.6 Å². The van der Waals surface area contributed by atoms with Crippen molar-refractivity contribution in [1.29, 1.82) is 0 Å². The Balaban J connectivity index is 1.97. The molecule has 1 heterocycles. The van der Waals surface area contributed by atoms with Gasteiger partial charge in [-0.05, 0) is 58.2 Å². The quantitative estimate of drug-likeness (QED) is 0.892. The summed E-state index contributed by atoms with van der Waals surface area (Å²) in [7, 11) is 0. The van der Waals surface area contributed by atoms with E-state index < -0.39 is 5.60 Å². The molecule has 0 aromatic heterocycles. The van der Waals surface area contributed by atoms with Gasteiger partial charge in [-0.3, -0.25) is 0 Å². The molecule has 1 aromatic carbocycles. The SMILES string of the molecule is Cc1ccc(Cl)cc1NCC1CCCN1C(=O)OC(C)(C)C. The summed E-state index contributed by atoms with van der Waals surface area (Å²) in [6, 6.07) is 5.95. The second kappa shape index (κ2) is 6.78. The van der Waals surface area contributed by atoms with E-state index in [1.165, 1.54) is 0 Å². The van der Waals surface area contributed by atoms with E-state index in [4.69, 9.17) is 16.3 Å². The minimum atomic E-state index is -0.457. The molecule has 0 aliphatic carbocycles. The average Bonchev–Trinajstić information content (AvgIpc) is 2.86. The Morgan fingerprint density at radius 2 is 2.18 bits per heavy atom. The summed E-state index contributed by atoms with van der Waals surface area (Å²) >= 11 is 6.04. The number of hydrogen-bond acceptors (Lipinski definition) is 3. The van der Waals surface area contributed by atoms with Gasteiger partial charge in [0.2, 0.25) is 0 Å². The number of carbonyl (C=O) groups is 1. The van der Waals surface area contributed by atoms with Crippen LogP contribution in [-0.2, 0) is 4.74 Å². The fourth-order valence-corrected chi connectivity index (χ4v) is 2.79. The van der Waals surface area contributed by atoms with Gasteiger partial charge >= 0.3 is 6.09 Å². The van der Waals surface area contributed by atoms with Crippen molar-refractivity contribution in [3.63, 3.8) is 0 Å². The smallest absolute Gasteiger partial charge is 0.410 e. The average molecular weight is 325 g/mol. The number of halogens is 1. The van der Waals surface area contributed by atoms with E-state index in [9.17, 15) is 4.79 Å². The summed E-state index contributed by atoms with van der Waals surface area (Å²) in [6.07, 6.45) is 1.78. The van der Waals surface area contributed by atoms with Crippen LogP contribution in [0.1, 0.15) is 39.2 Å². The van der Waals surface area contributed by atoms with Gasteiger partial charge in [-0.2, -0.15) is 0 Å². The minimum absolute atomic E-state index is 0.160. The fraction of sp³-hybridized carbons (Fsp3) is 0.588. The number of ether oxygens (including phenoxy) is 1. The molecule has 1 aliphatic rings. The zero-order valence-corrected chi connectivity index (χ0v) is 14.5. The van der Waals surface area contributed by atoms with Crippen LogP contribution in [0.4, 0.5) is 10.5 Å². The van der Waals surface area contributed by atoms with E-state index in [1.54, 1.807) is 0 Å². The molecule has 0 radical (unpaired) electrons. The zero-order valence-electron chi connectivity index (χ0n) is 13.8. The molecule has 22 heavy (non-hydrogen) atoms. The molecular weight excluding hydrogens is 300 g/mol. The first-order valence-electron chi connectivity index (χ1n) is 7.76. The summed E-state index contributed by atoms with van der Waals surface area (Å²) in [5.74, 6) is 0. The molecular formula is C17H25ClN2O2. The molecule has 0 saturated carbocycles. The standard InChI is InChI=1S/C17H25ClN2O2/c1-12-7-8-13(18)10-15(12)19-11-14-6-5-9-20(14)16(21)22-17(2,3)4/h7-8,10,14,19H,5-6,9,11H2,1-4H3. The van der Waals surface area contributed by atoms with Crippen molar-refractivity contribution in [2.24, 2.45) is 0 Å². The summed E-state index contributed by atoms with van der Waals surface area (Å²) in [6.45, 7) is 9.19. The predicted molar refractivity (Wildman–Crippen MR) is 90.6 cm³/mol. The van der Waals surface area contributed by atoms with E-state index in [-0.39, 0.29) is 12.1 Å². The Kier molecular flexibility index (Phi) is 5.22. The number of benzene rings is 1. The van der Waals surface area contributed by atoms with E-state index in [2.05, 4.69) is 5.32 Å². The highest BCUT2D eigenvalue weighted by Gasteiger charge is 2.31. The minimum Gasteiger partial charge on any atom is -0.444 e. The third-order valence-corrected chi connectivity index (χ3v) is 3.97. The molecule has 1 amide bonds. The second-order valence-corrected chi connectivity index (χ2v) is 7.25. The zero-order chi connectivity index (χ0) is 16.3. The van der Waals surface area contributed by atoms with Gasteiger partial charge in [-0.25, -0.2) is 4.79 Å². The van der Waals surface area contributed by atoms with Crippen LogP contribution in [0.25, 0.3) is 0 Å². The predicted octanol–water partition coefficient (Wildman–Crippen LogP) is 4.46. The first-order valence-corrected chi connectivity index (χ1v) is 8.14. The Labute approximate surface area is 137 Å². The van der Waals surface area contributed by atoms with Gasteiger partial charge in [0.15, 0.2) is 0 Å². The number of hydrogen-bond donors (Lipinski definition) is 1. The maximum absolute atomic E-state index is 12.3. The molecule has 1 saturated heterocycles.